The van der Waals surface area contributed by atoms with Crippen molar-refractivity contribution in [2.75, 3.05) is 13.1 Å². The van der Waals surface area contributed by atoms with Gasteiger partial charge < -0.3 is 17.3 Å². The first-order valence-corrected chi connectivity index (χ1v) is 4.65. The molecule has 0 unspecified atom stereocenters. The zero-order valence-electron chi connectivity index (χ0n) is 10.3. The Balaban J connectivity index is -0.0000000755. The Morgan fingerprint density at radius 3 is 1.80 bits per heavy atom. The average Bonchev–Trinajstić information content (AvgIpc) is 2.37. The second kappa shape index (κ2) is 29.3. The molecule has 82 valence electrons. The Morgan fingerprint density at radius 1 is 1.27 bits per heavy atom. The van der Waals surface area contributed by atoms with E-state index in [1.54, 1.807) is 0 Å². The number of hydrogen-bond donors (Lipinski definition) is 2. The summed E-state index contributed by atoms with van der Waals surface area (Å²) in [6.07, 6.45) is 1.91. The Kier molecular flexibility index (Phi) is 47.9. The normalized spacial score (nSPS) is 11.7. The fourth-order valence-corrected chi connectivity index (χ4v) is 0.840. The molecule has 0 atom stereocenters. The summed E-state index contributed by atoms with van der Waals surface area (Å²) in [5.74, 6) is 1.05. The topological polar surface area (TPSA) is 59.7 Å². The molecule has 0 aromatic heterocycles. The quantitative estimate of drug-likeness (QED) is 0.333. The van der Waals surface area contributed by atoms with Crippen molar-refractivity contribution in [1.29, 1.82) is 10.7 Å². The first kappa shape index (κ1) is 24.5. The van der Waals surface area contributed by atoms with Crippen molar-refractivity contribution in [1.82, 2.24) is 5.32 Å². The van der Waals surface area contributed by atoms with E-state index in [9.17, 15) is 0 Å². The summed E-state index contributed by atoms with van der Waals surface area (Å²) in [4.78, 5) is 0. The fraction of sp³-hybridized carbons (Fsp3) is 0.545. The van der Waals surface area contributed by atoms with E-state index in [0.717, 1.165) is 31.8 Å². The van der Waals surface area contributed by atoms with Gasteiger partial charge in [-0.1, -0.05) is 13.8 Å². The Hall–Kier alpha value is 0.366. The number of nitriles is 1. The first-order valence-electron chi connectivity index (χ1n) is 4.65. The fourth-order valence-electron chi connectivity index (χ4n) is 0.840. The molecule has 1 heterocycles. The van der Waals surface area contributed by atoms with Crippen LogP contribution in [-0.4, -0.2) is 19.8 Å². The molecule has 0 radical (unpaired) electrons. The van der Waals surface area contributed by atoms with Gasteiger partial charge >= 0.3 is 51.4 Å². The summed E-state index contributed by atoms with van der Waals surface area (Å²) < 4.78 is 0. The molecule has 0 aromatic rings. The summed E-state index contributed by atoms with van der Waals surface area (Å²) in [5.41, 5.74) is 0. The van der Waals surface area contributed by atoms with Gasteiger partial charge in [-0.3, -0.25) is 12.5 Å². The third-order valence-electron chi connectivity index (χ3n) is 1.37. The van der Waals surface area contributed by atoms with Crippen LogP contribution in [0.3, 0.4) is 0 Å². The Morgan fingerprint density at radius 2 is 1.60 bits per heavy atom. The van der Waals surface area contributed by atoms with Crippen LogP contribution in [0, 0.1) is 29.2 Å². The van der Waals surface area contributed by atoms with Crippen LogP contribution in [0.25, 0.3) is 0 Å². The Bertz CT molecular complexity index is 126. The molecule has 1 aliphatic rings. The van der Waals surface area contributed by atoms with E-state index in [1.165, 1.54) is 0 Å². The molecule has 0 amide bonds. The average molecular weight is 234 g/mol. The van der Waals surface area contributed by atoms with Gasteiger partial charge in [-0.05, 0) is 19.8 Å². The van der Waals surface area contributed by atoms with Gasteiger partial charge in [-0.2, -0.15) is 0 Å². The first-order chi connectivity index (χ1) is 6.93. The molecule has 2 N–H and O–H groups in total. The molecule has 0 aromatic carbocycles. The molecule has 3 nitrogen and oxygen atoms in total. The van der Waals surface area contributed by atoms with Crippen LogP contribution in [0.15, 0.2) is 6.58 Å². The van der Waals surface area contributed by atoms with Crippen molar-refractivity contribution in [2.24, 2.45) is 0 Å². The standard InChI is InChI=1S/C6H9N2.C2H6.C2H3.CH3N.K/c7-5-6-1-3-8-4-2-6;3*1-2;/h8H,1-4H2;1-2H3;1H,2H2;2H,1H2;/q-1;;-1;;+1. The summed E-state index contributed by atoms with van der Waals surface area (Å²) in [5, 5.41) is 17.1. The molecule has 0 aliphatic carbocycles. The predicted octanol–water partition coefficient (Wildman–Crippen LogP) is -0.631. The molecular formula is C11H21KN3-. The molecule has 1 fully saturated rings. The second-order valence-corrected chi connectivity index (χ2v) is 1.97. The summed E-state index contributed by atoms with van der Waals surface area (Å²) in [6.45, 7) is 15.5. The summed E-state index contributed by atoms with van der Waals surface area (Å²) >= 11 is 0. The maximum absolute atomic E-state index is 8.38. The third kappa shape index (κ3) is 20.4. The Labute approximate surface area is 137 Å². The van der Waals surface area contributed by atoms with Crippen LogP contribution in [0.4, 0.5) is 0 Å². The predicted molar refractivity (Wildman–Crippen MR) is 62.1 cm³/mol. The molecule has 1 aliphatic heterocycles. The van der Waals surface area contributed by atoms with E-state index in [4.69, 9.17) is 10.7 Å². The minimum Gasteiger partial charge on any atom is -0.521 e. The molecule has 15 heavy (non-hydrogen) atoms. The van der Waals surface area contributed by atoms with Crippen LogP contribution in [0.2, 0.25) is 0 Å². The zero-order chi connectivity index (χ0) is 11.8. The monoisotopic (exact) mass is 234 g/mol. The number of nitrogens with one attached hydrogen (secondary N) is 2. The van der Waals surface area contributed by atoms with E-state index < -0.39 is 0 Å². The molecule has 1 rings (SSSR count). The van der Waals surface area contributed by atoms with Crippen molar-refractivity contribution in [3.05, 3.63) is 19.1 Å². The SMILES string of the molecule is C=N.CC.N#C[C-]1CCNCC1.[CH-]=C.[K+]. The van der Waals surface area contributed by atoms with Crippen molar-refractivity contribution >= 4 is 6.72 Å². The minimum atomic E-state index is 0. The van der Waals surface area contributed by atoms with Gasteiger partial charge in [0.15, 0.2) is 0 Å². The van der Waals surface area contributed by atoms with Gasteiger partial charge in [0, 0.05) is 0 Å². The van der Waals surface area contributed by atoms with E-state index in [0.29, 0.717) is 0 Å². The summed E-state index contributed by atoms with van der Waals surface area (Å²) in [7, 11) is 0. The smallest absolute Gasteiger partial charge is 0.521 e. The largest absolute Gasteiger partial charge is 1.00 e. The number of piperidine rings is 1. The van der Waals surface area contributed by atoms with Gasteiger partial charge in [-0.15, -0.1) is 18.9 Å². The maximum atomic E-state index is 8.38. The molecular weight excluding hydrogens is 213 g/mol. The van der Waals surface area contributed by atoms with Crippen LogP contribution < -0.4 is 56.7 Å². The van der Waals surface area contributed by atoms with Crippen molar-refractivity contribution < 1.29 is 51.4 Å². The molecule has 0 bridgehead atoms. The van der Waals surface area contributed by atoms with Gasteiger partial charge in [0.1, 0.15) is 0 Å². The second-order valence-electron chi connectivity index (χ2n) is 1.97. The van der Waals surface area contributed by atoms with Crippen LogP contribution in [0.1, 0.15) is 26.7 Å². The number of rotatable bonds is 0. The van der Waals surface area contributed by atoms with E-state index in [1.807, 2.05) is 13.8 Å². The number of hydrogen-bond acceptors (Lipinski definition) is 3. The summed E-state index contributed by atoms with van der Waals surface area (Å²) in [6, 6.07) is 2.18. The van der Waals surface area contributed by atoms with Crippen molar-refractivity contribution in [2.45, 2.75) is 26.7 Å². The van der Waals surface area contributed by atoms with E-state index in [-0.39, 0.29) is 51.4 Å². The zero-order valence-corrected chi connectivity index (χ0v) is 13.4. The van der Waals surface area contributed by atoms with Gasteiger partial charge in [0.05, 0.1) is 0 Å². The molecule has 0 saturated carbocycles. The maximum Gasteiger partial charge on any atom is 1.00 e. The van der Waals surface area contributed by atoms with Crippen LogP contribution >= 0.6 is 0 Å². The molecule has 1 saturated heterocycles. The minimum absolute atomic E-state index is 0. The van der Waals surface area contributed by atoms with Gasteiger partial charge in [0.25, 0.3) is 0 Å². The van der Waals surface area contributed by atoms with Crippen molar-refractivity contribution in [3.8, 4) is 6.07 Å². The third-order valence-corrected chi connectivity index (χ3v) is 1.37. The van der Waals surface area contributed by atoms with Crippen LogP contribution in [-0.2, 0) is 0 Å². The van der Waals surface area contributed by atoms with Gasteiger partial charge in [0.2, 0.25) is 0 Å². The van der Waals surface area contributed by atoms with Crippen LogP contribution in [0.5, 0.6) is 0 Å². The molecule has 0 spiro atoms. The number of nitrogens with zero attached hydrogens (tertiary/aromatic N) is 1. The van der Waals surface area contributed by atoms with E-state index >= 15 is 0 Å². The molecule has 4 heteroatoms. The van der Waals surface area contributed by atoms with E-state index in [2.05, 4.69) is 31.3 Å². The van der Waals surface area contributed by atoms with Gasteiger partial charge in [-0.25, -0.2) is 5.26 Å². The van der Waals surface area contributed by atoms with Crippen molar-refractivity contribution in [3.63, 3.8) is 0 Å².